The van der Waals surface area contributed by atoms with E-state index in [4.69, 9.17) is 0 Å². The summed E-state index contributed by atoms with van der Waals surface area (Å²) in [7, 11) is 3.43. The summed E-state index contributed by atoms with van der Waals surface area (Å²) >= 11 is 0. The highest BCUT2D eigenvalue weighted by Gasteiger charge is 2.23. The van der Waals surface area contributed by atoms with E-state index < -0.39 is 0 Å². The van der Waals surface area contributed by atoms with E-state index in [1.54, 1.807) is 32.3 Å². The Kier molecular flexibility index (Phi) is 5.77. The van der Waals surface area contributed by atoms with Gasteiger partial charge in [0.1, 0.15) is 0 Å². The van der Waals surface area contributed by atoms with Gasteiger partial charge in [0.25, 0.3) is 5.91 Å². The number of hydrogen-bond acceptors (Lipinski definition) is 3. The molecule has 2 amide bonds. The van der Waals surface area contributed by atoms with Crippen LogP contribution in [0.2, 0.25) is 0 Å². The minimum atomic E-state index is -0.0696. The largest absolute Gasteiger partial charge is 0.345 e. The van der Waals surface area contributed by atoms with Crippen LogP contribution in [0.5, 0.6) is 0 Å². The number of rotatable bonds is 4. The first kappa shape index (κ1) is 17.5. The van der Waals surface area contributed by atoms with Crippen molar-refractivity contribution in [1.29, 1.82) is 0 Å². The summed E-state index contributed by atoms with van der Waals surface area (Å²) in [6.07, 6.45) is 1.23. The highest BCUT2D eigenvalue weighted by Crippen LogP contribution is 2.20. The second-order valence-electron chi connectivity index (χ2n) is 6.97. The van der Waals surface area contributed by atoms with E-state index in [2.05, 4.69) is 24.1 Å². The van der Waals surface area contributed by atoms with Gasteiger partial charge in [0.2, 0.25) is 5.91 Å². The molecule has 1 aliphatic heterocycles. The first-order valence-corrected chi connectivity index (χ1v) is 8.19. The van der Waals surface area contributed by atoms with Crippen LogP contribution in [0.25, 0.3) is 0 Å². The number of piperidine rings is 1. The minimum absolute atomic E-state index is 0.0271. The molecule has 1 fully saturated rings. The van der Waals surface area contributed by atoms with Crippen molar-refractivity contribution in [3.63, 3.8) is 0 Å². The zero-order chi connectivity index (χ0) is 17.0. The molecule has 0 saturated carbocycles. The van der Waals surface area contributed by atoms with Crippen LogP contribution in [0.15, 0.2) is 24.3 Å². The van der Waals surface area contributed by atoms with Gasteiger partial charge < -0.3 is 10.2 Å². The first-order valence-electron chi connectivity index (χ1n) is 8.19. The standard InChI is InChI=1S/C18H27N3O2/c1-13-8-14(2)11-21(10-13)12-17(22)19-16-7-5-6-15(9-16)18(23)20(3)4/h5-7,9,13-14H,8,10-12H2,1-4H3,(H,19,22). The van der Waals surface area contributed by atoms with E-state index in [0.717, 1.165) is 13.1 Å². The molecular formula is C18H27N3O2. The molecule has 0 spiro atoms. The van der Waals surface area contributed by atoms with Crippen molar-refractivity contribution in [2.45, 2.75) is 20.3 Å². The highest BCUT2D eigenvalue weighted by molar-refractivity contribution is 5.97. The lowest BCUT2D eigenvalue weighted by atomic mass is 9.92. The molecule has 126 valence electrons. The van der Waals surface area contributed by atoms with Crippen LogP contribution in [0.4, 0.5) is 5.69 Å². The van der Waals surface area contributed by atoms with Gasteiger partial charge in [0.15, 0.2) is 0 Å². The van der Waals surface area contributed by atoms with Gasteiger partial charge in [-0.2, -0.15) is 0 Å². The highest BCUT2D eigenvalue weighted by atomic mass is 16.2. The van der Waals surface area contributed by atoms with Crippen molar-refractivity contribution in [3.05, 3.63) is 29.8 Å². The number of carbonyl (C=O) groups excluding carboxylic acids is 2. The lowest BCUT2D eigenvalue weighted by molar-refractivity contribution is -0.117. The fraction of sp³-hybridized carbons (Fsp3) is 0.556. The Bertz CT molecular complexity index is 561. The molecule has 1 aromatic carbocycles. The second kappa shape index (κ2) is 7.59. The Labute approximate surface area is 138 Å². The fourth-order valence-corrected chi connectivity index (χ4v) is 3.31. The van der Waals surface area contributed by atoms with E-state index >= 15 is 0 Å². The number of nitrogens with zero attached hydrogens (tertiary/aromatic N) is 2. The molecule has 1 aromatic rings. The van der Waals surface area contributed by atoms with Gasteiger partial charge in [-0.3, -0.25) is 14.5 Å². The van der Waals surface area contributed by atoms with Gasteiger partial charge in [0, 0.05) is 38.4 Å². The van der Waals surface area contributed by atoms with Crippen LogP contribution < -0.4 is 5.32 Å². The molecule has 5 nitrogen and oxygen atoms in total. The van der Waals surface area contributed by atoms with E-state index in [9.17, 15) is 9.59 Å². The maximum atomic E-state index is 12.3. The third kappa shape index (κ3) is 5.06. The van der Waals surface area contributed by atoms with E-state index in [0.29, 0.717) is 29.6 Å². The Hall–Kier alpha value is -1.88. The number of benzene rings is 1. The smallest absolute Gasteiger partial charge is 0.253 e. The van der Waals surface area contributed by atoms with Crippen LogP contribution >= 0.6 is 0 Å². The molecule has 0 aromatic heterocycles. The summed E-state index contributed by atoms with van der Waals surface area (Å²) < 4.78 is 0. The first-order chi connectivity index (χ1) is 10.8. The Morgan fingerprint density at radius 2 is 1.87 bits per heavy atom. The molecule has 2 atom stereocenters. The molecule has 0 bridgehead atoms. The van der Waals surface area contributed by atoms with Crippen molar-refractivity contribution in [2.24, 2.45) is 11.8 Å². The Morgan fingerprint density at radius 1 is 1.22 bits per heavy atom. The van der Waals surface area contributed by atoms with Gasteiger partial charge in [-0.1, -0.05) is 19.9 Å². The average molecular weight is 317 g/mol. The van der Waals surface area contributed by atoms with Crippen molar-refractivity contribution < 1.29 is 9.59 Å². The van der Waals surface area contributed by atoms with Gasteiger partial charge in [0.05, 0.1) is 6.54 Å². The maximum Gasteiger partial charge on any atom is 0.253 e. The van der Waals surface area contributed by atoms with E-state index in [1.807, 2.05) is 6.07 Å². The quantitative estimate of drug-likeness (QED) is 0.927. The van der Waals surface area contributed by atoms with Crippen LogP contribution in [-0.4, -0.2) is 55.3 Å². The minimum Gasteiger partial charge on any atom is -0.345 e. The van der Waals surface area contributed by atoms with Gasteiger partial charge in [-0.05, 0) is 36.5 Å². The number of likely N-dealkylation sites (tertiary alicyclic amines) is 1. The van der Waals surface area contributed by atoms with E-state index in [1.165, 1.54) is 11.3 Å². The summed E-state index contributed by atoms with van der Waals surface area (Å²) in [5.74, 6) is 1.17. The maximum absolute atomic E-state index is 12.3. The monoisotopic (exact) mass is 317 g/mol. The molecule has 1 aliphatic rings. The summed E-state index contributed by atoms with van der Waals surface area (Å²) in [5, 5.41) is 2.90. The lowest BCUT2D eigenvalue weighted by Crippen LogP contribution is -2.42. The molecule has 1 heterocycles. The predicted molar refractivity (Wildman–Crippen MR) is 92.5 cm³/mol. The molecule has 0 aliphatic carbocycles. The number of carbonyl (C=O) groups is 2. The molecule has 2 unspecified atom stereocenters. The normalized spacial score (nSPS) is 21.7. The number of amides is 2. The lowest BCUT2D eigenvalue weighted by Gasteiger charge is -2.34. The molecule has 1 N–H and O–H groups in total. The number of nitrogens with one attached hydrogen (secondary N) is 1. The summed E-state index contributed by atoms with van der Waals surface area (Å²) in [5.41, 5.74) is 1.24. The van der Waals surface area contributed by atoms with Crippen molar-refractivity contribution in [3.8, 4) is 0 Å². The molecular weight excluding hydrogens is 290 g/mol. The van der Waals surface area contributed by atoms with Crippen LogP contribution in [0, 0.1) is 11.8 Å². The van der Waals surface area contributed by atoms with Crippen LogP contribution in [0.1, 0.15) is 30.6 Å². The number of hydrogen-bond donors (Lipinski definition) is 1. The van der Waals surface area contributed by atoms with Crippen molar-refractivity contribution in [1.82, 2.24) is 9.80 Å². The van der Waals surface area contributed by atoms with Gasteiger partial charge >= 0.3 is 0 Å². The summed E-state index contributed by atoms with van der Waals surface area (Å²) in [6.45, 7) is 6.81. The van der Waals surface area contributed by atoms with Crippen LogP contribution in [0.3, 0.4) is 0 Å². The zero-order valence-electron chi connectivity index (χ0n) is 14.5. The summed E-state index contributed by atoms with van der Waals surface area (Å²) in [6, 6.07) is 7.08. The molecule has 5 heteroatoms. The number of anilines is 1. The third-order valence-electron chi connectivity index (χ3n) is 4.11. The third-order valence-corrected chi connectivity index (χ3v) is 4.11. The van der Waals surface area contributed by atoms with Gasteiger partial charge in [-0.25, -0.2) is 0 Å². The second-order valence-corrected chi connectivity index (χ2v) is 6.97. The molecule has 23 heavy (non-hydrogen) atoms. The molecule has 0 radical (unpaired) electrons. The van der Waals surface area contributed by atoms with Crippen LogP contribution in [-0.2, 0) is 4.79 Å². The average Bonchev–Trinajstić information content (AvgIpc) is 2.45. The van der Waals surface area contributed by atoms with Crippen molar-refractivity contribution >= 4 is 17.5 Å². The Balaban J connectivity index is 1.95. The van der Waals surface area contributed by atoms with Gasteiger partial charge in [-0.15, -0.1) is 0 Å². The topological polar surface area (TPSA) is 52.7 Å². The van der Waals surface area contributed by atoms with E-state index in [-0.39, 0.29) is 11.8 Å². The Morgan fingerprint density at radius 3 is 2.48 bits per heavy atom. The molecule has 1 saturated heterocycles. The van der Waals surface area contributed by atoms with Crippen molar-refractivity contribution in [2.75, 3.05) is 39.0 Å². The molecule has 2 rings (SSSR count). The SMILES string of the molecule is CC1CC(C)CN(CC(=O)Nc2cccc(C(=O)N(C)C)c2)C1. The zero-order valence-corrected chi connectivity index (χ0v) is 14.5. The fourth-order valence-electron chi connectivity index (χ4n) is 3.31. The predicted octanol–water partition coefficient (Wildman–Crippen LogP) is 2.30. The summed E-state index contributed by atoms with van der Waals surface area (Å²) in [4.78, 5) is 28.0.